The molecule has 0 aliphatic carbocycles. The largest absolute Gasteiger partial charge is 0.618 e. The molecule has 0 spiro atoms. The predicted octanol–water partition coefficient (Wildman–Crippen LogP) is 4.72. The molecule has 4 rings (SSSR count). The summed E-state index contributed by atoms with van der Waals surface area (Å²) in [5.74, 6) is 0. The van der Waals surface area contributed by atoms with Gasteiger partial charge in [0, 0.05) is 17.7 Å². The zero-order valence-corrected chi connectivity index (χ0v) is 13.5. The first kappa shape index (κ1) is 15.1. The molecule has 0 fully saturated rings. The zero-order valence-electron chi connectivity index (χ0n) is 13.5. The van der Waals surface area contributed by atoms with Crippen LogP contribution in [0, 0.1) is 5.21 Å². The van der Waals surface area contributed by atoms with Crippen molar-refractivity contribution in [2.75, 3.05) is 0 Å². The smallest absolute Gasteiger partial charge is 0.242 e. The van der Waals surface area contributed by atoms with E-state index >= 15 is 0 Å². The summed E-state index contributed by atoms with van der Waals surface area (Å²) in [5.41, 5.74) is 5.20. The molecule has 2 aromatic carbocycles. The summed E-state index contributed by atoms with van der Waals surface area (Å²) in [6.07, 6.45) is 1.49. The SMILES string of the molecule is [O-][n+]1ccccc1-c1cc(-c2ccccc2)cc(-c2ccccc2)n1. The van der Waals surface area contributed by atoms with Crippen LogP contribution >= 0.6 is 0 Å². The molecule has 25 heavy (non-hydrogen) atoms. The Morgan fingerprint density at radius 1 is 0.600 bits per heavy atom. The van der Waals surface area contributed by atoms with Gasteiger partial charge in [-0.05, 0) is 29.3 Å². The van der Waals surface area contributed by atoms with E-state index in [1.54, 1.807) is 12.1 Å². The number of aromatic nitrogens is 2. The standard InChI is InChI=1S/C22H16N2O/c25-24-14-8-7-13-22(24)21-16-19(17-9-3-1-4-10-17)15-20(23-21)18-11-5-2-6-12-18/h1-16H. The van der Waals surface area contributed by atoms with E-state index in [0.717, 1.165) is 27.1 Å². The first-order valence-corrected chi connectivity index (χ1v) is 8.13. The Kier molecular flexibility index (Phi) is 3.97. The second kappa shape index (κ2) is 6.57. The van der Waals surface area contributed by atoms with E-state index in [1.807, 2.05) is 60.7 Å². The number of pyridine rings is 2. The highest BCUT2D eigenvalue weighted by atomic mass is 16.5. The average molecular weight is 324 g/mol. The number of rotatable bonds is 3. The van der Waals surface area contributed by atoms with Gasteiger partial charge in [-0.15, -0.1) is 0 Å². The lowest BCUT2D eigenvalue weighted by Gasteiger charge is -2.10. The van der Waals surface area contributed by atoms with Crippen molar-refractivity contribution in [2.45, 2.75) is 0 Å². The van der Waals surface area contributed by atoms with Gasteiger partial charge in [0.05, 0.1) is 5.69 Å². The highest BCUT2D eigenvalue weighted by Gasteiger charge is 2.13. The van der Waals surface area contributed by atoms with Gasteiger partial charge in [-0.1, -0.05) is 60.7 Å². The summed E-state index contributed by atoms with van der Waals surface area (Å²) >= 11 is 0. The molecular formula is C22H16N2O. The molecule has 0 N–H and O–H groups in total. The molecule has 3 heteroatoms. The Morgan fingerprint density at radius 2 is 1.20 bits per heavy atom. The topological polar surface area (TPSA) is 39.8 Å². The fraction of sp³-hybridized carbons (Fsp3) is 0. The maximum atomic E-state index is 12.2. The summed E-state index contributed by atoms with van der Waals surface area (Å²) in [5, 5.41) is 12.2. The van der Waals surface area contributed by atoms with Crippen LogP contribution in [0.5, 0.6) is 0 Å². The third-order valence-corrected chi connectivity index (χ3v) is 4.09. The van der Waals surface area contributed by atoms with E-state index in [9.17, 15) is 5.21 Å². The molecule has 0 unspecified atom stereocenters. The molecule has 120 valence electrons. The molecule has 0 amide bonds. The van der Waals surface area contributed by atoms with Gasteiger partial charge in [0.15, 0.2) is 6.20 Å². The van der Waals surface area contributed by atoms with Gasteiger partial charge in [0.25, 0.3) is 0 Å². The molecule has 4 aromatic rings. The van der Waals surface area contributed by atoms with E-state index in [-0.39, 0.29) is 0 Å². The van der Waals surface area contributed by atoms with Crippen molar-refractivity contribution in [1.82, 2.24) is 4.98 Å². The minimum atomic E-state index is 0.539. The first-order chi connectivity index (χ1) is 12.3. The lowest BCUT2D eigenvalue weighted by molar-refractivity contribution is -0.593. The van der Waals surface area contributed by atoms with Crippen LogP contribution in [0.15, 0.2) is 97.2 Å². The van der Waals surface area contributed by atoms with Gasteiger partial charge in [-0.2, -0.15) is 4.73 Å². The van der Waals surface area contributed by atoms with E-state index in [2.05, 4.69) is 18.2 Å². The van der Waals surface area contributed by atoms with E-state index in [1.165, 1.54) is 6.20 Å². The van der Waals surface area contributed by atoms with Crippen molar-refractivity contribution in [1.29, 1.82) is 0 Å². The summed E-state index contributed by atoms with van der Waals surface area (Å²) in [4.78, 5) is 4.74. The first-order valence-electron chi connectivity index (χ1n) is 8.13. The summed E-state index contributed by atoms with van der Waals surface area (Å²) in [6, 6.07) is 29.5. The summed E-state index contributed by atoms with van der Waals surface area (Å²) in [6.45, 7) is 0. The normalized spacial score (nSPS) is 10.6. The molecule has 2 aromatic heterocycles. The van der Waals surface area contributed by atoms with E-state index < -0.39 is 0 Å². The third-order valence-electron chi connectivity index (χ3n) is 4.09. The summed E-state index contributed by atoms with van der Waals surface area (Å²) < 4.78 is 0.853. The number of benzene rings is 2. The quantitative estimate of drug-likeness (QED) is 0.404. The van der Waals surface area contributed by atoms with Gasteiger partial charge >= 0.3 is 0 Å². The van der Waals surface area contributed by atoms with Crippen LogP contribution in [-0.2, 0) is 0 Å². The van der Waals surface area contributed by atoms with Crippen LogP contribution in [0.2, 0.25) is 0 Å². The number of hydrogen-bond donors (Lipinski definition) is 0. The zero-order chi connectivity index (χ0) is 17.1. The lowest BCUT2D eigenvalue weighted by Crippen LogP contribution is -2.28. The molecule has 0 aliphatic heterocycles. The Hall–Kier alpha value is -3.46. The highest BCUT2D eigenvalue weighted by molar-refractivity contribution is 5.75. The predicted molar refractivity (Wildman–Crippen MR) is 99.5 cm³/mol. The van der Waals surface area contributed by atoms with Gasteiger partial charge in [-0.3, -0.25) is 0 Å². The molecule has 0 saturated carbocycles. The Labute approximate surface area is 146 Å². The Balaban J connectivity index is 1.94. The monoisotopic (exact) mass is 324 g/mol. The van der Waals surface area contributed by atoms with E-state index in [0.29, 0.717) is 11.4 Å². The second-order valence-electron chi connectivity index (χ2n) is 5.77. The van der Waals surface area contributed by atoms with Gasteiger partial charge < -0.3 is 5.21 Å². The Bertz CT molecular complexity index is 941. The Morgan fingerprint density at radius 3 is 1.88 bits per heavy atom. The molecule has 0 radical (unpaired) electrons. The lowest BCUT2D eigenvalue weighted by atomic mass is 10.0. The van der Waals surface area contributed by atoms with Crippen LogP contribution < -0.4 is 4.73 Å². The molecule has 3 nitrogen and oxygen atoms in total. The minimum Gasteiger partial charge on any atom is -0.618 e. The fourth-order valence-electron chi connectivity index (χ4n) is 2.84. The van der Waals surface area contributed by atoms with Crippen LogP contribution in [0.4, 0.5) is 0 Å². The molecule has 0 atom stereocenters. The molecule has 0 aliphatic rings. The van der Waals surface area contributed by atoms with E-state index in [4.69, 9.17) is 4.98 Å². The maximum absolute atomic E-state index is 12.2. The van der Waals surface area contributed by atoms with Crippen LogP contribution in [0.1, 0.15) is 0 Å². The fourth-order valence-corrected chi connectivity index (χ4v) is 2.84. The van der Waals surface area contributed by atoms with Crippen molar-refractivity contribution in [3.63, 3.8) is 0 Å². The average Bonchev–Trinajstić information content (AvgIpc) is 2.69. The van der Waals surface area contributed by atoms with Crippen molar-refractivity contribution < 1.29 is 4.73 Å². The van der Waals surface area contributed by atoms with Crippen molar-refractivity contribution in [3.05, 3.63) is 102 Å². The third kappa shape index (κ3) is 3.12. The maximum Gasteiger partial charge on any atom is 0.242 e. The highest BCUT2D eigenvalue weighted by Crippen LogP contribution is 2.28. The van der Waals surface area contributed by atoms with Crippen LogP contribution in [-0.4, -0.2) is 4.98 Å². The summed E-state index contributed by atoms with van der Waals surface area (Å²) in [7, 11) is 0. The minimum absolute atomic E-state index is 0.539. The second-order valence-corrected chi connectivity index (χ2v) is 5.77. The van der Waals surface area contributed by atoms with Gasteiger partial charge in [0.2, 0.25) is 5.69 Å². The van der Waals surface area contributed by atoms with Crippen LogP contribution in [0.25, 0.3) is 33.8 Å². The number of hydrogen-bond acceptors (Lipinski definition) is 2. The van der Waals surface area contributed by atoms with Crippen LogP contribution in [0.3, 0.4) is 0 Å². The van der Waals surface area contributed by atoms with Gasteiger partial charge in [-0.25, -0.2) is 4.98 Å². The molecular weight excluding hydrogens is 308 g/mol. The van der Waals surface area contributed by atoms with Crippen molar-refractivity contribution in [2.24, 2.45) is 0 Å². The van der Waals surface area contributed by atoms with Gasteiger partial charge in [0.1, 0.15) is 5.69 Å². The molecule has 0 bridgehead atoms. The number of nitrogens with zero attached hydrogens (tertiary/aromatic N) is 2. The van der Waals surface area contributed by atoms with Crippen molar-refractivity contribution in [3.8, 4) is 33.8 Å². The molecule has 2 heterocycles. The molecule has 0 saturated heterocycles. The van der Waals surface area contributed by atoms with Crippen molar-refractivity contribution >= 4 is 0 Å².